The van der Waals surface area contributed by atoms with Crippen LogP contribution < -0.4 is 10.6 Å². The molecule has 0 bridgehead atoms. The number of pyridine rings is 1. The van der Waals surface area contributed by atoms with Crippen molar-refractivity contribution in [2.75, 3.05) is 18.0 Å². The molecule has 1 fully saturated rings. The van der Waals surface area contributed by atoms with Gasteiger partial charge in [0.1, 0.15) is 0 Å². The van der Waals surface area contributed by atoms with Crippen molar-refractivity contribution < 1.29 is 0 Å². The standard InChI is InChI=1S/C18H25N3/c1-13(2)11-14-5-8-20-18-4-3-16(12-17(14)18)21-9-6-15(19)7-10-21/h3-5,8,12-13,15H,6-7,9-11,19H2,1-2H3. The maximum absolute atomic E-state index is 6.01. The Morgan fingerprint density at radius 1 is 1.24 bits per heavy atom. The molecule has 1 aliphatic rings. The van der Waals surface area contributed by atoms with E-state index in [2.05, 4.69) is 48.0 Å². The minimum absolute atomic E-state index is 0.375. The molecule has 0 saturated carbocycles. The second kappa shape index (κ2) is 6.02. The molecule has 3 rings (SSSR count). The summed E-state index contributed by atoms with van der Waals surface area (Å²) in [5.41, 5.74) is 9.83. The van der Waals surface area contributed by atoms with Gasteiger partial charge in [-0.3, -0.25) is 4.98 Å². The summed E-state index contributed by atoms with van der Waals surface area (Å²) in [6.07, 6.45) is 5.21. The highest BCUT2D eigenvalue weighted by atomic mass is 15.1. The van der Waals surface area contributed by atoms with E-state index in [-0.39, 0.29) is 0 Å². The number of hydrogen-bond acceptors (Lipinski definition) is 3. The lowest BCUT2D eigenvalue weighted by atomic mass is 9.98. The van der Waals surface area contributed by atoms with Crippen LogP contribution in [0.5, 0.6) is 0 Å². The Morgan fingerprint density at radius 3 is 2.71 bits per heavy atom. The number of hydrogen-bond donors (Lipinski definition) is 1. The molecule has 3 heteroatoms. The molecule has 0 atom stereocenters. The van der Waals surface area contributed by atoms with Crippen LogP contribution in [-0.2, 0) is 6.42 Å². The van der Waals surface area contributed by atoms with Crippen molar-refractivity contribution in [2.24, 2.45) is 11.7 Å². The Kier molecular flexibility index (Phi) is 4.11. The fraction of sp³-hybridized carbons (Fsp3) is 0.500. The van der Waals surface area contributed by atoms with E-state index in [0.29, 0.717) is 12.0 Å². The SMILES string of the molecule is CC(C)Cc1ccnc2ccc(N3CCC(N)CC3)cc12. The van der Waals surface area contributed by atoms with Crippen LogP contribution in [0.1, 0.15) is 32.3 Å². The molecule has 0 aliphatic carbocycles. The van der Waals surface area contributed by atoms with E-state index in [1.54, 1.807) is 0 Å². The average molecular weight is 283 g/mol. The third-order valence-electron chi connectivity index (χ3n) is 4.35. The second-order valence-corrected chi connectivity index (χ2v) is 6.59. The third-order valence-corrected chi connectivity index (χ3v) is 4.35. The highest BCUT2D eigenvalue weighted by Gasteiger charge is 2.17. The van der Waals surface area contributed by atoms with Crippen LogP contribution in [-0.4, -0.2) is 24.1 Å². The molecule has 0 amide bonds. The van der Waals surface area contributed by atoms with Crippen LogP contribution in [0.25, 0.3) is 10.9 Å². The van der Waals surface area contributed by atoms with Gasteiger partial charge in [0.15, 0.2) is 0 Å². The number of fused-ring (bicyclic) bond motifs is 1. The summed E-state index contributed by atoms with van der Waals surface area (Å²) < 4.78 is 0. The summed E-state index contributed by atoms with van der Waals surface area (Å²) >= 11 is 0. The maximum Gasteiger partial charge on any atom is 0.0706 e. The van der Waals surface area contributed by atoms with Crippen molar-refractivity contribution in [1.29, 1.82) is 0 Å². The first-order valence-corrected chi connectivity index (χ1v) is 8.01. The highest BCUT2D eigenvalue weighted by Crippen LogP contribution is 2.27. The summed E-state index contributed by atoms with van der Waals surface area (Å²) in [6.45, 7) is 6.66. The van der Waals surface area contributed by atoms with Gasteiger partial charge in [-0.05, 0) is 55.0 Å². The van der Waals surface area contributed by atoms with E-state index in [1.807, 2.05) is 6.20 Å². The number of nitrogens with zero attached hydrogens (tertiary/aromatic N) is 2. The Balaban J connectivity index is 1.94. The van der Waals surface area contributed by atoms with Gasteiger partial charge in [0.2, 0.25) is 0 Å². The minimum atomic E-state index is 0.375. The quantitative estimate of drug-likeness (QED) is 0.939. The summed E-state index contributed by atoms with van der Waals surface area (Å²) in [4.78, 5) is 6.96. The van der Waals surface area contributed by atoms with E-state index in [0.717, 1.165) is 37.9 Å². The lowest BCUT2D eigenvalue weighted by Crippen LogP contribution is -2.39. The first kappa shape index (κ1) is 14.3. The largest absolute Gasteiger partial charge is 0.371 e. The Bertz CT molecular complexity index is 613. The molecular weight excluding hydrogens is 258 g/mol. The maximum atomic E-state index is 6.01. The topological polar surface area (TPSA) is 42.2 Å². The van der Waals surface area contributed by atoms with Gasteiger partial charge in [-0.1, -0.05) is 13.8 Å². The van der Waals surface area contributed by atoms with Crippen molar-refractivity contribution in [1.82, 2.24) is 4.98 Å². The van der Waals surface area contributed by atoms with Crippen molar-refractivity contribution in [3.05, 3.63) is 36.0 Å². The van der Waals surface area contributed by atoms with Crippen molar-refractivity contribution in [3.63, 3.8) is 0 Å². The van der Waals surface area contributed by atoms with E-state index in [4.69, 9.17) is 5.73 Å². The van der Waals surface area contributed by atoms with Crippen molar-refractivity contribution in [3.8, 4) is 0 Å². The van der Waals surface area contributed by atoms with Crippen LogP contribution in [0.4, 0.5) is 5.69 Å². The predicted molar refractivity (Wildman–Crippen MR) is 89.7 cm³/mol. The van der Waals surface area contributed by atoms with Gasteiger partial charge in [0.25, 0.3) is 0 Å². The highest BCUT2D eigenvalue weighted by molar-refractivity contribution is 5.85. The predicted octanol–water partition coefficient (Wildman–Crippen LogP) is 3.36. The molecule has 0 spiro atoms. The summed E-state index contributed by atoms with van der Waals surface area (Å²) in [6, 6.07) is 9.21. The number of piperidine rings is 1. The zero-order valence-corrected chi connectivity index (χ0v) is 13.0. The lowest BCUT2D eigenvalue weighted by Gasteiger charge is -2.32. The van der Waals surface area contributed by atoms with Gasteiger partial charge in [-0.2, -0.15) is 0 Å². The van der Waals surface area contributed by atoms with E-state index in [9.17, 15) is 0 Å². The van der Waals surface area contributed by atoms with Gasteiger partial charge in [0.05, 0.1) is 5.52 Å². The van der Waals surface area contributed by atoms with Crippen molar-refractivity contribution in [2.45, 2.75) is 39.2 Å². The molecule has 0 radical (unpaired) electrons. The first-order valence-electron chi connectivity index (χ1n) is 8.01. The van der Waals surface area contributed by atoms with E-state index < -0.39 is 0 Å². The summed E-state index contributed by atoms with van der Waals surface area (Å²) in [7, 11) is 0. The smallest absolute Gasteiger partial charge is 0.0706 e. The first-order chi connectivity index (χ1) is 10.1. The zero-order valence-electron chi connectivity index (χ0n) is 13.0. The molecule has 0 unspecified atom stereocenters. The molecule has 21 heavy (non-hydrogen) atoms. The normalized spacial score (nSPS) is 16.9. The molecule has 1 aliphatic heterocycles. The fourth-order valence-electron chi connectivity index (χ4n) is 3.16. The number of aromatic nitrogens is 1. The number of anilines is 1. The number of benzene rings is 1. The van der Waals surface area contributed by atoms with Gasteiger partial charge in [0, 0.05) is 36.4 Å². The van der Waals surface area contributed by atoms with Crippen LogP contribution in [0.2, 0.25) is 0 Å². The molecule has 2 heterocycles. The second-order valence-electron chi connectivity index (χ2n) is 6.59. The number of nitrogens with two attached hydrogens (primary N) is 1. The van der Waals surface area contributed by atoms with E-state index in [1.165, 1.54) is 16.6 Å². The molecule has 3 nitrogen and oxygen atoms in total. The van der Waals surface area contributed by atoms with Crippen molar-refractivity contribution >= 4 is 16.6 Å². The molecule has 112 valence electrons. The summed E-state index contributed by atoms with van der Waals surface area (Å²) in [5, 5.41) is 1.30. The zero-order chi connectivity index (χ0) is 14.8. The van der Waals surface area contributed by atoms with Gasteiger partial charge >= 0.3 is 0 Å². The van der Waals surface area contributed by atoms with Crippen LogP contribution in [0, 0.1) is 5.92 Å². The Labute approximate surface area is 127 Å². The molecule has 2 aromatic rings. The van der Waals surface area contributed by atoms with Crippen LogP contribution in [0.15, 0.2) is 30.5 Å². The third kappa shape index (κ3) is 3.18. The molecule has 1 aromatic carbocycles. The average Bonchev–Trinajstić information content (AvgIpc) is 2.47. The Hall–Kier alpha value is -1.61. The molecule has 1 saturated heterocycles. The van der Waals surface area contributed by atoms with Gasteiger partial charge in [-0.15, -0.1) is 0 Å². The fourth-order valence-corrected chi connectivity index (χ4v) is 3.16. The number of rotatable bonds is 3. The monoisotopic (exact) mass is 283 g/mol. The lowest BCUT2D eigenvalue weighted by molar-refractivity contribution is 0.501. The van der Waals surface area contributed by atoms with Gasteiger partial charge < -0.3 is 10.6 Å². The Morgan fingerprint density at radius 2 is 2.00 bits per heavy atom. The minimum Gasteiger partial charge on any atom is -0.371 e. The van der Waals surface area contributed by atoms with E-state index >= 15 is 0 Å². The van der Waals surface area contributed by atoms with Crippen LogP contribution >= 0.6 is 0 Å². The van der Waals surface area contributed by atoms with Crippen LogP contribution in [0.3, 0.4) is 0 Å². The summed E-state index contributed by atoms with van der Waals surface area (Å²) in [5.74, 6) is 0.659. The van der Waals surface area contributed by atoms with Gasteiger partial charge in [-0.25, -0.2) is 0 Å². The molecule has 1 aromatic heterocycles. The molecular formula is C18H25N3. The molecule has 2 N–H and O–H groups in total.